The van der Waals surface area contributed by atoms with Gasteiger partial charge in [-0.1, -0.05) is 38.6 Å². The minimum Gasteiger partial charge on any atom is -0.209 e. The van der Waals surface area contributed by atoms with Crippen LogP contribution in [0.2, 0.25) is 0 Å². The van der Waals surface area contributed by atoms with Gasteiger partial charge < -0.3 is 0 Å². The van der Waals surface area contributed by atoms with Crippen molar-refractivity contribution in [1.82, 2.24) is 0 Å². The molecular weight excluding hydrogens is 182 g/mol. The predicted molar refractivity (Wildman–Crippen MR) is 69.5 cm³/mol. The molecule has 1 aromatic rings. The molecule has 1 aromatic carbocycles. The molecule has 0 amide bonds. The van der Waals surface area contributed by atoms with Crippen molar-refractivity contribution in [2.45, 2.75) is 33.7 Å². The first-order valence-corrected chi connectivity index (χ1v) is 5.46. The third kappa shape index (κ3) is 4.59. The van der Waals surface area contributed by atoms with Crippen LogP contribution in [0.5, 0.6) is 0 Å². The average Bonchev–Trinajstić information content (AvgIpc) is 2.24. The van der Waals surface area contributed by atoms with E-state index in [0.29, 0.717) is 6.04 Å². The Balaban J connectivity index is 0.000000921. The fraction of sp³-hybridized carbons (Fsp3) is 0.357. The molecule has 0 aromatic heterocycles. The van der Waals surface area contributed by atoms with Crippen LogP contribution < -0.4 is 10.4 Å². The third-order valence-corrected chi connectivity index (χ3v) is 2.02. The molecule has 0 heterocycles. The van der Waals surface area contributed by atoms with Crippen LogP contribution in [0.3, 0.4) is 0 Å². The van der Waals surface area contributed by atoms with Crippen LogP contribution in [-0.2, 0) is 0 Å². The predicted octanol–water partition coefficient (Wildman–Crippen LogP) is 1.98. The quantitative estimate of drug-likeness (QED) is 0.512. The zero-order chi connectivity index (χ0) is 11.8. The summed E-state index contributed by atoms with van der Waals surface area (Å²) in [6.07, 6.45) is 2.02. The first kappa shape index (κ1) is 13.6. The Labute approximate surface area is 93.1 Å². The monoisotopic (exact) mass is 204 g/mol. The van der Waals surface area contributed by atoms with Gasteiger partial charge in [0.1, 0.15) is 6.72 Å². The van der Waals surface area contributed by atoms with Crippen molar-refractivity contribution in [1.29, 1.82) is 0 Å². The van der Waals surface area contributed by atoms with Crippen LogP contribution in [0.4, 0.5) is 0 Å². The van der Waals surface area contributed by atoms with Gasteiger partial charge in [0.25, 0.3) is 0 Å². The van der Waals surface area contributed by atoms with E-state index in [9.17, 15) is 0 Å². The van der Waals surface area contributed by atoms with Gasteiger partial charge in [-0.2, -0.15) is 0 Å². The van der Waals surface area contributed by atoms with E-state index in [4.69, 9.17) is 0 Å². The topological polar surface area (TPSA) is 3.01 Å². The molecular formula is C14H22N+. The summed E-state index contributed by atoms with van der Waals surface area (Å²) >= 11 is 0. The highest BCUT2D eigenvalue weighted by molar-refractivity contribution is 5.25. The Bertz CT molecular complexity index is 402. The van der Waals surface area contributed by atoms with Crippen LogP contribution in [0.25, 0.3) is 12.8 Å². The minimum absolute atomic E-state index is 0.416. The lowest BCUT2D eigenvalue weighted by atomic mass is 10.2. The number of rotatable bonds is 2. The summed E-state index contributed by atoms with van der Waals surface area (Å²) in [7, 11) is 0. The van der Waals surface area contributed by atoms with E-state index < -0.39 is 0 Å². The van der Waals surface area contributed by atoms with Crippen molar-refractivity contribution < 1.29 is 4.58 Å². The van der Waals surface area contributed by atoms with Crippen LogP contribution in [0.15, 0.2) is 24.3 Å². The first-order chi connectivity index (χ1) is 7.11. The van der Waals surface area contributed by atoms with Gasteiger partial charge in [-0.25, -0.2) is 4.58 Å². The molecule has 0 saturated carbocycles. The van der Waals surface area contributed by atoms with Gasteiger partial charge in [-0.3, -0.25) is 0 Å². The van der Waals surface area contributed by atoms with E-state index >= 15 is 0 Å². The summed E-state index contributed by atoms with van der Waals surface area (Å²) in [5.74, 6) is 0. The number of hydrogen-bond acceptors (Lipinski definition) is 0. The fourth-order valence-electron chi connectivity index (χ4n) is 0.988. The molecule has 1 rings (SSSR count). The molecule has 0 N–H and O–H groups in total. The highest BCUT2D eigenvalue weighted by Gasteiger charge is 2.00. The zero-order valence-corrected chi connectivity index (χ0v) is 10.3. The van der Waals surface area contributed by atoms with Gasteiger partial charge >= 0.3 is 0 Å². The van der Waals surface area contributed by atoms with Gasteiger partial charge in [-0.15, -0.1) is 0 Å². The van der Waals surface area contributed by atoms with Gasteiger partial charge in [-0.05, 0) is 25.1 Å². The lowest BCUT2D eigenvalue weighted by molar-refractivity contribution is -0.448. The van der Waals surface area contributed by atoms with Crippen molar-refractivity contribution in [2.24, 2.45) is 0 Å². The Hall–Kier alpha value is -1.37. The number of hydrogen-bond donors (Lipinski definition) is 0. The minimum atomic E-state index is 0.416. The first-order valence-electron chi connectivity index (χ1n) is 5.46. The molecule has 0 unspecified atom stereocenters. The molecule has 0 bridgehead atoms. The summed E-state index contributed by atoms with van der Waals surface area (Å²) in [5, 5.41) is 2.17. The molecule has 0 radical (unpaired) electrons. The molecule has 0 atom stereocenters. The summed E-state index contributed by atoms with van der Waals surface area (Å²) in [4.78, 5) is 0. The Morgan fingerprint density at radius 2 is 1.73 bits per heavy atom. The standard InChI is InChI=1S/C12H16N.C2H6/c1-10(2)13(4)9-12-8-6-5-7-11(12)3;1-2/h5-10H,3-4H2,1-2H3;1-2H3/q+1;/b12-9-;. The zero-order valence-electron chi connectivity index (χ0n) is 10.3. The molecule has 82 valence electrons. The van der Waals surface area contributed by atoms with E-state index in [2.05, 4.69) is 27.1 Å². The van der Waals surface area contributed by atoms with Crippen LogP contribution in [0.1, 0.15) is 27.7 Å². The van der Waals surface area contributed by atoms with E-state index in [0.717, 1.165) is 10.4 Å². The van der Waals surface area contributed by atoms with Crippen molar-refractivity contribution in [3.8, 4) is 0 Å². The van der Waals surface area contributed by atoms with Crippen LogP contribution in [-0.4, -0.2) is 17.3 Å². The van der Waals surface area contributed by atoms with E-state index in [1.165, 1.54) is 0 Å². The van der Waals surface area contributed by atoms with E-state index in [1.54, 1.807) is 0 Å². The van der Waals surface area contributed by atoms with Crippen LogP contribution in [0, 0.1) is 0 Å². The highest BCUT2D eigenvalue weighted by atomic mass is 15.0. The number of nitrogens with zero attached hydrogens (tertiary/aromatic N) is 1. The Morgan fingerprint density at radius 1 is 1.20 bits per heavy atom. The molecule has 0 saturated heterocycles. The van der Waals surface area contributed by atoms with Gasteiger partial charge in [0, 0.05) is 5.22 Å². The van der Waals surface area contributed by atoms with Gasteiger partial charge in [0.2, 0.25) is 0 Å². The molecule has 15 heavy (non-hydrogen) atoms. The van der Waals surface area contributed by atoms with Crippen molar-refractivity contribution >= 4 is 19.5 Å². The van der Waals surface area contributed by atoms with Gasteiger partial charge in [0.15, 0.2) is 12.2 Å². The fourth-order valence-corrected chi connectivity index (χ4v) is 0.988. The summed E-state index contributed by atoms with van der Waals surface area (Å²) in [6, 6.07) is 8.46. The highest BCUT2D eigenvalue weighted by Crippen LogP contribution is 1.85. The van der Waals surface area contributed by atoms with Crippen molar-refractivity contribution in [3.05, 3.63) is 34.7 Å². The largest absolute Gasteiger partial charge is 0.209 e. The smallest absolute Gasteiger partial charge is 0.176 e. The van der Waals surface area contributed by atoms with E-state index in [1.807, 2.05) is 48.9 Å². The second kappa shape index (κ2) is 6.99. The summed E-state index contributed by atoms with van der Waals surface area (Å²) < 4.78 is 1.93. The second-order valence-corrected chi connectivity index (χ2v) is 3.44. The maximum absolute atomic E-state index is 3.95. The maximum atomic E-state index is 3.95. The summed E-state index contributed by atoms with van der Waals surface area (Å²) in [6.45, 7) is 16.1. The molecule has 0 fully saturated rings. The molecule has 0 spiro atoms. The van der Waals surface area contributed by atoms with Crippen molar-refractivity contribution in [3.63, 3.8) is 0 Å². The molecule has 0 aliphatic rings. The SMILES string of the molecule is C=c1cccc/c1=C/[N+](=C)C(C)C.CC. The summed E-state index contributed by atoms with van der Waals surface area (Å²) in [5.41, 5.74) is 0. The average molecular weight is 204 g/mol. The lowest BCUT2D eigenvalue weighted by Gasteiger charge is -1.97. The third-order valence-electron chi connectivity index (χ3n) is 2.02. The van der Waals surface area contributed by atoms with Gasteiger partial charge in [0.05, 0.1) is 0 Å². The molecule has 1 nitrogen and oxygen atoms in total. The Kier molecular flexibility index (Phi) is 6.35. The molecule has 1 heteroatoms. The molecule has 0 aliphatic carbocycles. The maximum Gasteiger partial charge on any atom is 0.176 e. The second-order valence-electron chi connectivity index (χ2n) is 3.44. The van der Waals surface area contributed by atoms with E-state index in [-0.39, 0.29) is 0 Å². The number of benzene rings is 1. The lowest BCUT2D eigenvalue weighted by Crippen LogP contribution is -2.26. The molecule has 0 aliphatic heterocycles. The normalized spacial score (nSPS) is 10.9. The van der Waals surface area contributed by atoms with Crippen molar-refractivity contribution in [2.75, 3.05) is 0 Å². The van der Waals surface area contributed by atoms with Crippen LogP contribution >= 0.6 is 0 Å². The Morgan fingerprint density at radius 3 is 2.20 bits per heavy atom.